The second kappa shape index (κ2) is 35.1. The van der Waals surface area contributed by atoms with Gasteiger partial charge in [-0.25, -0.2) is 4.57 Å². The molecule has 6 atom stereocenters. The van der Waals surface area contributed by atoms with Gasteiger partial charge in [-0.05, 0) is 64.2 Å². The van der Waals surface area contributed by atoms with Crippen molar-refractivity contribution in [3.05, 3.63) is 60.8 Å². The molecule has 1 fully saturated rings. The summed E-state index contributed by atoms with van der Waals surface area (Å²) < 4.78 is 32.7. The fraction of sp³-hybridized carbons (Fsp3) is 0.711. The SMILES string of the molecule is CC/C=C\C/C=C\C/C=C\C/C=C\CCCCCCC(=O)OC[C@H](COP(=O)(O)OCCN)OC(=O)CCCCCC[C@H]1C(=O)C[C@@H](O)[C@@H]1/C=C/[C@@H](O)CCCCC. The smallest absolute Gasteiger partial charge is 0.462 e. The summed E-state index contributed by atoms with van der Waals surface area (Å²) in [7, 11) is -4.45. The van der Waals surface area contributed by atoms with Crippen LogP contribution in [0.4, 0.5) is 0 Å². The van der Waals surface area contributed by atoms with Crippen LogP contribution in [-0.4, -0.2) is 77.5 Å². The molecule has 0 aromatic rings. The Balaban J connectivity index is 2.40. The molecule has 1 aliphatic carbocycles. The standard InChI is InChI=1S/C45H76NO11P/c1-3-5-7-8-9-10-11-12-13-14-15-16-17-18-19-20-25-29-44(50)54-36-39(37-56-58(52,53)55-34-33-46)57-45(51)30-26-22-21-24-28-40-41(43(49)35-42(40)48)32-31-38(47)27-23-6-4-2/h5,7,9-10,12-13,15-16,31-32,38-41,43,47,49H,3-4,6,8,11,14,17-30,33-37,46H2,1-2H3,(H,52,53)/b7-5-,10-9-,13-12-,16-15-,32-31+/t38-,39+,40+,41+,43+/m0/s1. The molecule has 332 valence electrons. The maximum Gasteiger partial charge on any atom is 0.472 e. The van der Waals surface area contributed by atoms with Gasteiger partial charge in [0.15, 0.2) is 6.10 Å². The van der Waals surface area contributed by atoms with Gasteiger partial charge in [-0.3, -0.25) is 23.4 Å². The monoisotopic (exact) mass is 838 g/mol. The van der Waals surface area contributed by atoms with Gasteiger partial charge in [0.05, 0.1) is 25.4 Å². The third kappa shape index (κ3) is 28.7. The van der Waals surface area contributed by atoms with Crippen molar-refractivity contribution in [1.29, 1.82) is 0 Å². The van der Waals surface area contributed by atoms with Crippen LogP contribution >= 0.6 is 7.82 Å². The van der Waals surface area contributed by atoms with E-state index < -0.39 is 44.7 Å². The normalized spacial score (nSPS) is 19.6. The molecule has 0 spiro atoms. The van der Waals surface area contributed by atoms with E-state index in [1.165, 1.54) is 0 Å². The number of phosphoric ester groups is 1. The topological polar surface area (TPSA) is 192 Å². The molecule has 5 N–H and O–H groups in total. The highest BCUT2D eigenvalue weighted by Gasteiger charge is 2.39. The van der Waals surface area contributed by atoms with Gasteiger partial charge in [0.25, 0.3) is 0 Å². The zero-order valence-corrected chi connectivity index (χ0v) is 36.4. The van der Waals surface area contributed by atoms with E-state index in [9.17, 15) is 34.1 Å². The molecular formula is C45H76NO11P. The number of carbonyl (C=O) groups excluding carboxylic acids is 3. The van der Waals surface area contributed by atoms with Crippen LogP contribution in [-0.2, 0) is 37.5 Å². The van der Waals surface area contributed by atoms with Crippen LogP contribution in [0.1, 0.15) is 149 Å². The number of ether oxygens (including phenoxy) is 2. The summed E-state index contributed by atoms with van der Waals surface area (Å²) in [5.74, 6) is -1.58. The van der Waals surface area contributed by atoms with Crippen molar-refractivity contribution in [3.8, 4) is 0 Å². The Morgan fingerprint density at radius 2 is 1.43 bits per heavy atom. The highest BCUT2D eigenvalue weighted by molar-refractivity contribution is 7.47. The van der Waals surface area contributed by atoms with Gasteiger partial charge in [0, 0.05) is 37.6 Å². The van der Waals surface area contributed by atoms with E-state index in [2.05, 4.69) is 62.5 Å². The molecule has 0 aromatic carbocycles. The molecule has 0 aliphatic heterocycles. The van der Waals surface area contributed by atoms with Gasteiger partial charge < -0.3 is 30.3 Å². The van der Waals surface area contributed by atoms with E-state index in [4.69, 9.17) is 24.3 Å². The minimum Gasteiger partial charge on any atom is -0.462 e. The highest BCUT2D eigenvalue weighted by Crippen LogP contribution is 2.43. The lowest BCUT2D eigenvalue weighted by Gasteiger charge is -2.20. The second-order valence-corrected chi connectivity index (χ2v) is 16.4. The molecule has 0 saturated heterocycles. The van der Waals surface area contributed by atoms with Gasteiger partial charge in [0.1, 0.15) is 12.4 Å². The van der Waals surface area contributed by atoms with E-state index >= 15 is 0 Å². The van der Waals surface area contributed by atoms with Crippen LogP contribution in [0, 0.1) is 11.8 Å². The quantitative estimate of drug-likeness (QED) is 0.0203. The van der Waals surface area contributed by atoms with Crippen molar-refractivity contribution in [2.75, 3.05) is 26.4 Å². The summed E-state index contributed by atoms with van der Waals surface area (Å²) >= 11 is 0. The predicted molar refractivity (Wildman–Crippen MR) is 230 cm³/mol. The van der Waals surface area contributed by atoms with Crippen molar-refractivity contribution in [3.63, 3.8) is 0 Å². The summed E-state index contributed by atoms with van der Waals surface area (Å²) in [6, 6.07) is 0. The molecular weight excluding hydrogens is 761 g/mol. The van der Waals surface area contributed by atoms with E-state index in [0.717, 1.165) is 83.5 Å². The van der Waals surface area contributed by atoms with Gasteiger partial charge in [0.2, 0.25) is 0 Å². The van der Waals surface area contributed by atoms with Gasteiger partial charge in [-0.15, -0.1) is 0 Å². The minimum atomic E-state index is -4.45. The average molecular weight is 838 g/mol. The number of Topliss-reactive ketones (excluding diaryl/α,β-unsaturated/α-hetero) is 1. The lowest BCUT2D eigenvalue weighted by atomic mass is 9.88. The molecule has 1 saturated carbocycles. The number of esters is 2. The molecule has 0 bridgehead atoms. The fourth-order valence-electron chi connectivity index (χ4n) is 6.52. The Morgan fingerprint density at radius 1 is 0.810 bits per heavy atom. The van der Waals surface area contributed by atoms with E-state index in [0.29, 0.717) is 32.1 Å². The third-order valence-electron chi connectivity index (χ3n) is 9.78. The van der Waals surface area contributed by atoms with Gasteiger partial charge >= 0.3 is 19.8 Å². The van der Waals surface area contributed by atoms with E-state index in [1.807, 2.05) is 0 Å². The number of rotatable bonds is 36. The largest absolute Gasteiger partial charge is 0.472 e. The number of ketones is 1. The van der Waals surface area contributed by atoms with E-state index in [1.54, 1.807) is 12.2 Å². The highest BCUT2D eigenvalue weighted by atomic mass is 31.2. The molecule has 0 radical (unpaired) electrons. The van der Waals surface area contributed by atoms with Crippen LogP contribution in [0.25, 0.3) is 0 Å². The Hall–Kier alpha value is -2.70. The van der Waals surface area contributed by atoms with Crippen LogP contribution < -0.4 is 5.73 Å². The number of allylic oxidation sites excluding steroid dienone is 8. The molecule has 0 amide bonds. The summed E-state index contributed by atoms with van der Waals surface area (Å²) in [5.41, 5.74) is 5.34. The molecule has 0 heterocycles. The molecule has 0 aromatic heterocycles. The zero-order valence-electron chi connectivity index (χ0n) is 35.5. The summed E-state index contributed by atoms with van der Waals surface area (Å²) in [4.78, 5) is 47.7. The second-order valence-electron chi connectivity index (χ2n) is 15.0. The fourth-order valence-corrected chi connectivity index (χ4v) is 7.29. The first kappa shape index (κ1) is 53.3. The van der Waals surface area contributed by atoms with Gasteiger partial charge in [-0.1, -0.05) is 126 Å². The van der Waals surface area contributed by atoms with Crippen molar-refractivity contribution < 1.29 is 52.6 Å². The molecule has 1 unspecified atom stereocenters. The van der Waals surface area contributed by atoms with Crippen molar-refractivity contribution >= 4 is 25.5 Å². The number of hydrogen-bond acceptors (Lipinski definition) is 11. The summed E-state index contributed by atoms with van der Waals surface area (Å²) in [5, 5.41) is 20.7. The number of unbranched alkanes of at least 4 members (excludes halogenated alkanes) is 9. The zero-order chi connectivity index (χ0) is 42.7. The Bertz CT molecular complexity index is 1300. The van der Waals surface area contributed by atoms with Crippen molar-refractivity contribution in [1.82, 2.24) is 0 Å². The van der Waals surface area contributed by atoms with E-state index in [-0.39, 0.29) is 56.6 Å². The van der Waals surface area contributed by atoms with Crippen LogP contribution in [0.2, 0.25) is 0 Å². The van der Waals surface area contributed by atoms with Crippen LogP contribution in [0.5, 0.6) is 0 Å². The Labute approximate surface area is 349 Å². The maximum atomic E-state index is 12.7. The lowest BCUT2D eigenvalue weighted by molar-refractivity contribution is -0.161. The van der Waals surface area contributed by atoms with Crippen molar-refractivity contribution in [2.45, 2.75) is 167 Å². The third-order valence-corrected chi connectivity index (χ3v) is 10.8. The predicted octanol–water partition coefficient (Wildman–Crippen LogP) is 9.08. The molecule has 58 heavy (non-hydrogen) atoms. The maximum absolute atomic E-state index is 12.7. The first-order valence-electron chi connectivity index (χ1n) is 21.9. The van der Waals surface area contributed by atoms with Crippen LogP contribution in [0.3, 0.4) is 0 Å². The number of nitrogens with two attached hydrogens (primary N) is 1. The Kier molecular flexibility index (Phi) is 32.3. The number of aliphatic hydroxyl groups excluding tert-OH is 2. The van der Waals surface area contributed by atoms with Crippen LogP contribution in [0.15, 0.2) is 60.8 Å². The molecule has 1 rings (SSSR count). The molecule has 12 nitrogen and oxygen atoms in total. The summed E-state index contributed by atoms with van der Waals surface area (Å²) in [6.45, 7) is 3.19. The first-order chi connectivity index (χ1) is 28.0. The van der Waals surface area contributed by atoms with Gasteiger partial charge in [-0.2, -0.15) is 0 Å². The Morgan fingerprint density at radius 3 is 2.09 bits per heavy atom. The average Bonchev–Trinajstić information content (AvgIpc) is 3.47. The number of carbonyl (C=O) groups is 3. The first-order valence-corrected chi connectivity index (χ1v) is 23.4. The summed E-state index contributed by atoms with van der Waals surface area (Å²) in [6.07, 6.45) is 34.4. The number of phosphoric acid groups is 1. The number of hydrogen-bond donors (Lipinski definition) is 4. The van der Waals surface area contributed by atoms with Crippen molar-refractivity contribution in [2.24, 2.45) is 17.6 Å². The molecule has 1 aliphatic rings. The lowest BCUT2D eigenvalue weighted by Crippen LogP contribution is -2.29. The molecule has 13 heteroatoms. The minimum absolute atomic E-state index is 0.00818. The number of aliphatic hydroxyl groups is 2.